The minimum Gasteiger partial charge on any atom is -0.320 e. The van der Waals surface area contributed by atoms with Gasteiger partial charge in [0, 0.05) is 22.5 Å². The summed E-state index contributed by atoms with van der Waals surface area (Å²) in [5.41, 5.74) is 0.160. The second-order valence-electron chi connectivity index (χ2n) is 5.32. The molecule has 1 N–H and O–H groups in total. The summed E-state index contributed by atoms with van der Waals surface area (Å²) in [5, 5.41) is 7.14. The Morgan fingerprint density at radius 1 is 1.16 bits per heavy atom. The largest absolute Gasteiger partial charge is 0.320 e. The van der Waals surface area contributed by atoms with Crippen molar-refractivity contribution >= 4 is 23.2 Å². The number of para-hydroxylation sites is 1. The molecule has 0 fully saturated rings. The van der Waals surface area contributed by atoms with Gasteiger partial charge in [0.05, 0.1) is 0 Å². The van der Waals surface area contributed by atoms with Gasteiger partial charge in [0.15, 0.2) is 5.69 Å². The molecule has 0 atom stereocenters. The molecular formula is C18H13ClFN3O2. The van der Waals surface area contributed by atoms with Crippen LogP contribution >= 0.6 is 11.6 Å². The van der Waals surface area contributed by atoms with Crippen molar-refractivity contribution in [2.45, 2.75) is 6.92 Å². The summed E-state index contributed by atoms with van der Waals surface area (Å²) in [5.74, 6) is -1.19. The number of hydrogen-bond donors (Lipinski definition) is 1. The summed E-state index contributed by atoms with van der Waals surface area (Å²) in [7, 11) is 0. The van der Waals surface area contributed by atoms with Crippen molar-refractivity contribution in [2.24, 2.45) is 0 Å². The van der Waals surface area contributed by atoms with Gasteiger partial charge < -0.3 is 5.32 Å². The normalized spacial score (nSPS) is 10.5. The third kappa shape index (κ3) is 3.59. The molecule has 0 radical (unpaired) electrons. The van der Waals surface area contributed by atoms with E-state index >= 15 is 0 Å². The quantitative estimate of drug-likeness (QED) is 0.779. The number of nitrogens with one attached hydrogen (secondary N) is 1. The van der Waals surface area contributed by atoms with Crippen LogP contribution in [0, 0.1) is 12.7 Å². The van der Waals surface area contributed by atoms with Crippen molar-refractivity contribution in [3.05, 3.63) is 87.0 Å². The van der Waals surface area contributed by atoms with E-state index in [1.807, 2.05) is 0 Å². The molecule has 0 aliphatic heterocycles. The lowest BCUT2D eigenvalue weighted by molar-refractivity contribution is 0.101. The van der Waals surface area contributed by atoms with Crippen LogP contribution in [0.3, 0.4) is 0 Å². The van der Waals surface area contributed by atoms with E-state index in [0.29, 0.717) is 16.4 Å². The smallest absolute Gasteiger partial charge is 0.280 e. The van der Waals surface area contributed by atoms with Gasteiger partial charge in [0.25, 0.3) is 5.91 Å². The van der Waals surface area contributed by atoms with Crippen molar-refractivity contribution in [2.75, 3.05) is 5.32 Å². The number of aromatic nitrogens is 2. The fraction of sp³-hybridized carbons (Fsp3) is 0.0556. The van der Waals surface area contributed by atoms with Gasteiger partial charge in [-0.25, -0.2) is 9.07 Å². The topological polar surface area (TPSA) is 64.0 Å². The zero-order valence-corrected chi connectivity index (χ0v) is 13.9. The molecule has 1 heterocycles. The monoisotopic (exact) mass is 357 g/mol. The number of aryl methyl sites for hydroxylation is 1. The Balaban J connectivity index is 2.00. The van der Waals surface area contributed by atoms with Gasteiger partial charge >= 0.3 is 0 Å². The first-order chi connectivity index (χ1) is 12.0. The Morgan fingerprint density at radius 3 is 2.52 bits per heavy atom. The summed E-state index contributed by atoms with van der Waals surface area (Å²) in [6.07, 6.45) is 0. The van der Waals surface area contributed by atoms with Crippen LogP contribution in [0.25, 0.3) is 5.69 Å². The van der Waals surface area contributed by atoms with E-state index in [1.165, 1.54) is 22.9 Å². The number of nitrogens with zero attached hydrogens (tertiary/aromatic N) is 2. The molecule has 25 heavy (non-hydrogen) atoms. The molecule has 5 nitrogen and oxygen atoms in total. The van der Waals surface area contributed by atoms with Gasteiger partial charge in [-0.15, -0.1) is 0 Å². The molecular weight excluding hydrogens is 345 g/mol. The van der Waals surface area contributed by atoms with E-state index in [-0.39, 0.29) is 11.4 Å². The number of carbonyl (C=O) groups is 1. The lowest BCUT2D eigenvalue weighted by Crippen LogP contribution is -2.27. The van der Waals surface area contributed by atoms with Gasteiger partial charge in [-0.3, -0.25) is 9.59 Å². The van der Waals surface area contributed by atoms with Gasteiger partial charge in [-0.05, 0) is 43.3 Å². The lowest BCUT2D eigenvalue weighted by Gasteiger charge is -2.12. The van der Waals surface area contributed by atoms with Crippen LogP contribution in [0.15, 0.2) is 59.4 Å². The number of amides is 1. The Bertz CT molecular complexity index is 1000. The van der Waals surface area contributed by atoms with Crippen molar-refractivity contribution in [1.29, 1.82) is 0 Å². The average Bonchev–Trinajstić information content (AvgIpc) is 2.58. The maximum Gasteiger partial charge on any atom is 0.280 e. The zero-order valence-electron chi connectivity index (χ0n) is 13.2. The molecule has 0 aliphatic carbocycles. The Kier molecular flexibility index (Phi) is 4.63. The summed E-state index contributed by atoms with van der Waals surface area (Å²) in [6, 6.07) is 13.7. The van der Waals surface area contributed by atoms with Gasteiger partial charge in [-0.1, -0.05) is 23.7 Å². The molecule has 0 spiro atoms. The first-order valence-electron chi connectivity index (χ1n) is 7.38. The zero-order chi connectivity index (χ0) is 18.0. The summed E-state index contributed by atoms with van der Waals surface area (Å²) in [6.45, 7) is 1.61. The van der Waals surface area contributed by atoms with Crippen molar-refractivity contribution in [3.63, 3.8) is 0 Å². The molecule has 3 rings (SSSR count). The SMILES string of the molecule is Cc1cc(=O)c(C(=O)Nc2ccc(Cl)cc2)nn1-c1ccccc1F. The third-order valence-corrected chi connectivity index (χ3v) is 3.76. The van der Waals surface area contributed by atoms with Crippen LogP contribution in [0.5, 0.6) is 0 Å². The number of anilines is 1. The van der Waals surface area contributed by atoms with Crippen molar-refractivity contribution in [1.82, 2.24) is 9.78 Å². The molecule has 1 amide bonds. The molecule has 126 valence electrons. The molecule has 7 heteroatoms. The highest BCUT2D eigenvalue weighted by Crippen LogP contribution is 2.15. The average molecular weight is 358 g/mol. The molecule has 0 bridgehead atoms. The van der Waals surface area contributed by atoms with Crippen molar-refractivity contribution < 1.29 is 9.18 Å². The predicted octanol–water partition coefficient (Wildman–Crippen LogP) is 3.59. The van der Waals surface area contributed by atoms with Crippen LogP contribution in [0.2, 0.25) is 5.02 Å². The van der Waals surface area contributed by atoms with Gasteiger partial charge in [-0.2, -0.15) is 5.10 Å². The maximum atomic E-state index is 14.0. The highest BCUT2D eigenvalue weighted by Gasteiger charge is 2.16. The molecule has 2 aromatic carbocycles. The number of rotatable bonds is 3. The summed E-state index contributed by atoms with van der Waals surface area (Å²) in [4.78, 5) is 24.5. The molecule has 0 aliphatic rings. The first kappa shape index (κ1) is 16.9. The highest BCUT2D eigenvalue weighted by molar-refractivity contribution is 6.30. The van der Waals surface area contributed by atoms with E-state index in [0.717, 1.165) is 0 Å². The first-order valence-corrected chi connectivity index (χ1v) is 7.76. The summed E-state index contributed by atoms with van der Waals surface area (Å²) < 4.78 is 15.3. The minimum atomic E-state index is -0.683. The van der Waals surface area contributed by atoms with Crippen LogP contribution in [0.1, 0.15) is 16.2 Å². The van der Waals surface area contributed by atoms with E-state index in [9.17, 15) is 14.0 Å². The Morgan fingerprint density at radius 2 is 1.84 bits per heavy atom. The van der Waals surface area contributed by atoms with Crippen LogP contribution in [0.4, 0.5) is 10.1 Å². The molecule has 1 aromatic heterocycles. The van der Waals surface area contributed by atoms with E-state index in [4.69, 9.17) is 11.6 Å². The second kappa shape index (κ2) is 6.86. The molecule has 0 saturated heterocycles. The lowest BCUT2D eigenvalue weighted by atomic mass is 10.2. The molecule has 3 aromatic rings. The molecule has 0 saturated carbocycles. The van der Waals surface area contributed by atoms with Crippen molar-refractivity contribution in [3.8, 4) is 5.69 Å². The van der Waals surface area contributed by atoms with Gasteiger partial charge in [0.2, 0.25) is 5.43 Å². The number of hydrogen-bond acceptors (Lipinski definition) is 3. The van der Waals surface area contributed by atoms with Crippen LogP contribution in [-0.2, 0) is 0 Å². The second-order valence-corrected chi connectivity index (χ2v) is 5.76. The fourth-order valence-electron chi connectivity index (χ4n) is 2.30. The number of benzene rings is 2. The Labute approximate surface area is 147 Å². The number of halogens is 2. The number of carbonyl (C=O) groups excluding carboxylic acids is 1. The van der Waals surface area contributed by atoms with Crippen LogP contribution in [-0.4, -0.2) is 15.7 Å². The van der Waals surface area contributed by atoms with E-state index < -0.39 is 17.2 Å². The maximum absolute atomic E-state index is 14.0. The Hall–Kier alpha value is -2.99. The predicted molar refractivity (Wildman–Crippen MR) is 93.9 cm³/mol. The minimum absolute atomic E-state index is 0.153. The van der Waals surface area contributed by atoms with Crippen LogP contribution < -0.4 is 10.7 Å². The highest BCUT2D eigenvalue weighted by atomic mass is 35.5. The van der Waals surface area contributed by atoms with E-state index in [1.54, 1.807) is 43.3 Å². The molecule has 0 unspecified atom stereocenters. The summed E-state index contributed by atoms with van der Waals surface area (Å²) >= 11 is 5.80. The fourth-order valence-corrected chi connectivity index (χ4v) is 2.42. The van der Waals surface area contributed by atoms with E-state index in [2.05, 4.69) is 10.4 Å². The van der Waals surface area contributed by atoms with Gasteiger partial charge in [0.1, 0.15) is 11.5 Å². The standard InChI is InChI=1S/C18H13ClFN3O2/c1-11-10-16(24)17(18(25)21-13-8-6-12(19)7-9-13)22-23(11)15-5-3-2-4-14(15)20/h2-10H,1H3,(H,21,25). The third-order valence-electron chi connectivity index (χ3n) is 3.51.